The Bertz CT molecular complexity index is 926. The van der Waals surface area contributed by atoms with Gasteiger partial charge in [-0.3, -0.25) is 4.79 Å². The molecular formula is C21H19NO3. The number of carbonyl (C=O) groups excluding carboxylic acids is 1. The Hall–Kier alpha value is -3.27. The zero-order valence-electron chi connectivity index (χ0n) is 14.2. The van der Waals surface area contributed by atoms with Gasteiger partial charge < -0.3 is 14.8 Å². The van der Waals surface area contributed by atoms with Crippen LogP contribution in [-0.4, -0.2) is 20.0 Å². The van der Waals surface area contributed by atoms with Crippen molar-refractivity contribution in [3.8, 4) is 11.5 Å². The van der Waals surface area contributed by atoms with E-state index in [0.717, 1.165) is 16.5 Å². The van der Waals surface area contributed by atoms with E-state index in [1.807, 2.05) is 60.7 Å². The van der Waals surface area contributed by atoms with Gasteiger partial charge in [-0.25, -0.2) is 0 Å². The summed E-state index contributed by atoms with van der Waals surface area (Å²) in [5.74, 6) is 1.31. The summed E-state index contributed by atoms with van der Waals surface area (Å²) in [5.41, 5.74) is 1.40. The number of carbonyl (C=O) groups is 1. The van der Waals surface area contributed by atoms with Gasteiger partial charge in [-0.1, -0.05) is 42.5 Å². The van der Waals surface area contributed by atoms with Crippen molar-refractivity contribution in [2.45, 2.75) is 0 Å². The summed E-state index contributed by atoms with van der Waals surface area (Å²) < 4.78 is 10.5. The van der Waals surface area contributed by atoms with Crippen molar-refractivity contribution in [1.82, 2.24) is 0 Å². The molecule has 0 saturated carbocycles. The lowest BCUT2D eigenvalue weighted by atomic mass is 10.0. The van der Waals surface area contributed by atoms with Crippen molar-refractivity contribution in [3.05, 3.63) is 78.5 Å². The molecule has 25 heavy (non-hydrogen) atoms. The molecule has 0 unspecified atom stereocenters. The minimum Gasteiger partial charge on any atom is -0.497 e. The molecule has 4 heteroatoms. The summed E-state index contributed by atoms with van der Waals surface area (Å²) in [6, 6.07) is 19.0. The van der Waals surface area contributed by atoms with Crippen molar-refractivity contribution < 1.29 is 14.3 Å². The van der Waals surface area contributed by atoms with Crippen molar-refractivity contribution in [3.63, 3.8) is 0 Å². The second-order valence-corrected chi connectivity index (χ2v) is 5.43. The predicted octanol–water partition coefficient (Wildman–Crippen LogP) is 4.67. The van der Waals surface area contributed by atoms with Crippen LogP contribution in [0.3, 0.4) is 0 Å². The topological polar surface area (TPSA) is 47.6 Å². The molecule has 3 rings (SSSR count). The van der Waals surface area contributed by atoms with E-state index in [1.54, 1.807) is 20.4 Å². The van der Waals surface area contributed by atoms with Crippen LogP contribution in [0.2, 0.25) is 0 Å². The van der Waals surface area contributed by atoms with Gasteiger partial charge in [0.1, 0.15) is 11.5 Å². The lowest BCUT2D eigenvalue weighted by Crippen LogP contribution is -1.99. The first kappa shape index (κ1) is 16.6. The first-order valence-electron chi connectivity index (χ1n) is 7.90. The standard InChI is InChI=1S/C21H19NO3/c1-24-16-10-11-21(25-2)19(14-16)22-13-12-20(23)18-9-5-7-15-6-3-4-8-17(15)18/h3-14,22H,1-2H3/b13-12+. The fourth-order valence-electron chi connectivity index (χ4n) is 2.66. The van der Waals surface area contributed by atoms with Crippen LogP contribution in [0, 0.1) is 0 Å². The Morgan fingerprint density at radius 3 is 2.56 bits per heavy atom. The van der Waals surface area contributed by atoms with Crippen LogP contribution in [0.15, 0.2) is 72.9 Å². The maximum absolute atomic E-state index is 12.5. The van der Waals surface area contributed by atoms with Gasteiger partial charge in [0, 0.05) is 23.9 Å². The molecule has 0 atom stereocenters. The predicted molar refractivity (Wildman–Crippen MR) is 101 cm³/mol. The van der Waals surface area contributed by atoms with Gasteiger partial charge in [0.25, 0.3) is 0 Å². The number of methoxy groups -OCH3 is 2. The maximum Gasteiger partial charge on any atom is 0.187 e. The van der Waals surface area contributed by atoms with Crippen molar-refractivity contribution >= 4 is 22.2 Å². The molecule has 3 aromatic carbocycles. The third-order valence-electron chi connectivity index (χ3n) is 3.94. The van der Waals surface area contributed by atoms with E-state index in [2.05, 4.69) is 5.32 Å². The molecule has 0 fully saturated rings. The molecule has 126 valence electrons. The summed E-state index contributed by atoms with van der Waals surface area (Å²) in [4.78, 5) is 12.5. The zero-order chi connectivity index (χ0) is 17.6. The molecule has 0 aliphatic rings. The van der Waals surface area contributed by atoms with E-state index in [9.17, 15) is 4.79 Å². The molecule has 0 saturated heterocycles. The highest BCUT2D eigenvalue weighted by Gasteiger charge is 2.07. The van der Waals surface area contributed by atoms with Crippen molar-refractivity contribution in [2.24, 2.45) is 0 Å². The largest absolute Gasteiger partial charge is 0.497 e. The highest BCUT2D eigenvalue weighted by Crippen LogP contribution is 2.29. The van der Waals surface area contributed by atoms with E-state index >= 15 is 0 Å². The lowest BCUT2D eigenvalue weighted by Gasteiger charge is -2.10. The summed E-state index contributed by atoms with van der Waals surface area (Å²) in [7, 11) is 3.20. The Morgan fingerprint density at radius 2 is 1.76 bits per heavy atom. The summed E-state index contributed by atoms with van der Waals surface area (Å²) in [5, 5.41) is 5.07. The number of nitrogens with one attached hydrogen (secondary N) is 1. The summed E-state index contributed by atoms with van der Waals surface area (Å²) in [6.07, 6.45) is 3.13. The van der Waals surface area contributed by atoms with Gasteiger partial charge in [-0.15, -0.1) is 0 Å². The third-order valence-corrected chi connectivity index (χ3v) is 3.94. The van der Waals surface area contributed by atoms with E-state index in [1.165, 1.54) is 6.08 Å². The van der Waals surface area contributed by atoms with E-state index in [0.29, 0.717) is 17.1 Å². The number of anilines is 1. The average molecular weight is 333 g/mol. The number of rotatable bonds is 6. The number of allylic oxidation sites excluding steroid dienone is 1. The normalized spacial score (nSPS) is 10.8. The summed E-state index contributed by atoms with van der Waals surface area (Å²) in [6.45, 7) is 0. The molecule has 0 aliphatic heterocycles. The second-order valence-electron chi connectivity index (χ2n) is 5.43. The highest BCUT2D eigenvalue weighted by molar-refractivity contribution is 6.13. The first-order valence-corrected chi connectivity index (χ1v) is 7.90. The van der Waals surface area contributed by atoms with Gasteiger partial charge >= 0.3 is 0 Å². The number of hydrogen-bond acceptors (Lipinski definition) is 4. The zero-order valence-corrected chi connectivity index (χ0v) is 14.2. The summed E-state index contributed by atoms with van der Waals surface area (Å²) >= 11 is 0. The van der Waals surface area contributed by atoms with Crippen LogP contribution < -0.4 is 14.8 Å². The minimum atomic E-state index is -0.0637. The maximum atomic E-state index is 12.5. The van der Waals surface area contributed by atoms with Crippen molar-refractivity contribution in [1.29, 1.82) is 0 Å². The highest BCUT2D eigenvalue weighted by atomic mass is 16.5. The van der Waals surface area contributed by atoms with Crippen LogP contribution in [0.1, 0.15) is 10.4 Å². The first-order chi connectivity index (χ1) is 12.2. The second kappa shape index (κ2) is 7.53. The van der Waals surface area contributed by atoms with Gasteiger partial charge in [0.15, 0.2) is 5.78 Å². The molecule has 0 radical (unpaired) electrons. The van der Waals surface area contributed by atoms with Crippen LogP contribution in [-0.2, 0) is 0 Å². The molecule has 0 amide bonds. The van der Waals surface area contributed by atoms with Crippen LogP contribution >= 0.6 is 0 Å². The number of ketones is 1. The Morgan fingerprint density at radius 1 is 0.960 bits per heavy atom. The number of fused-ring (bicyclic) bond motifs is 1. The fourth-order valence-corrected chi connectivity index (χ4v) is 2.66. The van der Waals surface area contributed by atoms with Crippen molar-refractivity contribution in [2.75, 3.05) is 19.5 Å². The average Bonchev–Trinajstić information content (AvgIpc) is 2.67. The Kier molecular flexibility index (Phi) is 5.00. The number of benzene rings is 3. The number of hydrogen-bond donors (Lipinski definition) is 1. The molecule has 0 spiro atoms. The molecule has 4 nitrogen and oxygen atoms in total. The molecule has 0 heterocycles. The molecule has 0 bridgehead atoms. The molecule has 3 aromatic rings. The van der Waals surface area contributed by atoms with E-state index in [4.69, 9.17) is 9.47 Å². The molecule has 0 aromatic heterocycles. The fraction of sp³-hybridized carbons (Fsp3) is 0.0952. The van der Waals surface area contributed by atoms with Gasteiger partial charge in [0.05, 0.1) is 19.9 Å². The van der Waals surface area contributed by atoms with Crippen LogP contribution in [0.4, 0.5) is 5.69 Å². The van der Waals surface area contributed by atoms with E-state index < -0.39 is 0 Å². The minimum absolute atomic E-state index is 0.0637. The van der Waals surface area contributed by atoms with Crippen LogP contribution in [0.5, 0.6) is 11.5 Å². The molecule has 0 aliphatic carbocycles. The monoisotopic (exact) mass is 333 g/mol. The Balaban J connectivity index is 1.81. The SMILES string of the molecule is COc1ccc(OC)c(N/C=C/C(=O)c2cccc3ccccc23)c1. The van der Waals surface area contributed by atoms with Gasteiger partial charge in [-0.05, 0) is 22.9 Å². The Labute approximate surface area is 146 Å². The number of ether oxygens (including phenoxy) is 2. The smallest absolute Gasteiger partial charge is 0.187 e. The lowest BCUT2D eigenvalue weighted by molar-refractivity contribution is 0.104. The quantitative estimate of drug-likeness (QED) is 0.526. The van der Waals surface area contributed by atoms with Gasteiger partial charge in [-0.2, -0.15) is 0 Å². The molecule has 1 N–H and O–H groups in total. The third kappa shape index (κ3) is 3.63. The van der Waals surface area contributed by atoms with Gasteiger partial charge in [0.2, 0.25) is 0 Å². The molecular weight excluding hydrogens is 314 g/mol. The van der Waals surface area contributed by atoms with E-state index in [-0.39, 0.29) is 5.78 Å². The van der Waals surface area contributed by atoms with Crippen LogP contribution in [0.25, 0.3) is 10.8 Å².